The summed E-state index contributed by atoms with van der Waals surface area (Å²) in [6, 6.07) is 3.81. The van der Waals surface area contributed by atoms with Crippen LogP contribution in [0, 0.1) is 6.92 Å². The molecule has 0 amide bonds. The van der Waals surface area contributed by atoms with Crippen LogP contribution in [0.25, 0.3) is 0 Å². The topological polar surface area (TPSA) is 76.7 Å². The Hall–Kier alpha value is -1.18. The molecule has 0 aromatic carbocycles. The van der Waals surface area contributed by atoms with E-state index in [2.05, 4.69) is 36.3 Å². The highest BCUT2D eigenvalue weighted by molar-refractivity contribution is 9.10. The maximum atomic E-state index is 5.37. The summed E-state index contributed by atoms with van der Waals surface area (Å²) in [7, 11) is 0. The van der Waals surface area contributed by atoms with Gasteiger partial charge < -0.3 is 5.43 Å². The Morgan fingerprint density at radius 2 is 2.12 bits per heavy atom. The van der Waals surface area contributed by atoms with Gasteiger partial charge in [0.25, 0.3) is 0 Å². The van der Waals surface area contributed by atoms with E-state index in [1.807, 2.05) is 19.1 Å². The molecule has 3 N–H and O–H groups in total. The highest BCUT2D eigenvalue weighted by Crippen LogP contribution is 2.33. The molecule has 0 aliphatic heterocycles. The fourth-order valence-corrected chi connectivity index (χ4v) is 2.53. The van der Waals surface area contributed by atoms with Gasteiger partial charge >= 0.3 is 0 Å². The first-order chi connectivity index (χ1) is 8.22. The van der Waals surface area contributed by atoms with Crippen LogP contribution in [-0.2, 0) is 0 Å². The summed E-state index contributed by atoms with van der Waals surface area (Å²) in [4.78, 5) is 12.5. The van der Waals surface area contributed by atoms with Crippen LogP contribution in [0.3, 0.4) is 0 Å². The van der Waals surface area contributed by atoms with E-state index in [1.54, 1.807) is 6.20 Å². The largest absolute Gasteiger partial charge is 0.308 e. The molecule has 0 fully saturated rings. The number of anilines is 1. The number of nitrogens with one attached hydrogen (secondary N) is 1. The van der Waals surface area contributed by atoms with Gasteiger partial charge in [0.05, 0.1) is 4.47 Å². The SMILES string of the molecule is Cc1c(NN)ncnc1Sc1ncccc1Br. The van der Waals surface area contributed by atoms with Gasteiger partial charge in [0.15, 0.2) is 0 Å². The van der Waals surface area contributed by atoms with Gasteiger partial charge in [-0.25, -0.2) is 20.8 Å². The molecule has 0 radical (unpaired) electrons. The summed E-state index contributed by atoms with van der Waals surface area (Å²) in [5.41, 5.74) is 3.44. The number of hydrogen-bond acceptors (Lipinski definition) is 6. The predicted octanol–water partition coefficient (Wildman–Crippen LogP) is 2.38. The van der Waals surface area contributed by atoms with Crippen LogP contribution in [0.2, 0.25) is 0 Å². The summed E-state index contributed by atoms with van der Waals surface area (Å²) < 4.78 is 0.935. The van der Waals surface area contributed by atoms with Gasteiger partial charge in [-0.3, -0.25) is 0 Å². The van der Waals surface area contributed by atoms with Crippen LogP contribution in [-0.4, -0.2) is 15.0 Å². The number of nitrogens with two attached hydrogens (primary N) is 1. The van der Waals surface area contributed by atoms with Crippen molar-refractivity contribution in [2.24, 2.45) is 5.84 Å². The number of nitrogens with zero attached hydrogens (tertiary/aromatic N) is 3. The van der Waals surface area contributed by atoms with E-state index in [9.17, 15) is 0 Å². The zero-order valence-electron chi connectivity index (χ0n) is 9.01. The third-order valence-corrected chi connectivity index (χ3v) is 4.12. The Labute approximate surface area is 111 Å². The minimum absolute atomic E-state index is 0.620. The maximum absolute atomic E-state index is 5.37. The number of rotatable bonds is 3. The van der Waals surface area contributed by atoms with Gasteiger partial charge in [-0.2, -0.15) is 0 Å². The van der Waals surface area contributed by atoms with Gasteiger partial charge in [-0.1, -0.05) is 0 Å². The molecule has 0 aliphatic carbocycles. The van der Waals surface area contributed by atoms with E-state index in [0.717, 1.165) is 20.1 Å². The average molecular weight is 312 g/mol. The van der Waals surface area contributed by atoms with Gasteiger partial charge in [0.2, 0.25) is 0 Å². The van der Waals surface area contributed by atoms with E-state index in [1.165, 1.54) is 18.1 Å². The summed E-state index contributed by atoms with van der Waals surface area (Å²) in [5, 5.41) is 1.68. The first-order valence-electron chi connectivity index (χ1n) is 4.79. The summed E-state index contributed by atoms with van der Waals surface area (Å²) in [5.74, 6) is 5.99. The molecule has 17 heavy (non-hydrogen) atoms. The van der Waals surface area contributed by atoms with Crippen molar-refractivity contribution >= 4 is 33.5 Å². The Morgan fingerprint density at radius 3 is 2.82 bits per heavy atom. The third-order valence-electron chi connectivity index (χ3n) is 2.09. The van der Waals surface area contributed by atoms with Crippen molar-refractivity contribution < 1.29 is 0 Å². The van der Waals surface area contributed by atoms with Crippen molar-refractivity contribution in [3.05, 3.63) is 34.7 Å². The quantitative estimate of drug-likeness (QED) is 0.515. The van der Waals surface area contributed by atoms with Crippen molar-refractivity contribution in [3.63, 3.8) is 0 Å². The molecular weight excluding hydrogens is 302 g/mol. The molecule has 0 unspecified atom stereocenters. The second-order valence-corrected chi connectivity index (χ2v) is 5.02. The van der Waals surface area contributed by atoms with Gasteiger partial charge in [0.1, 0.15) is 22.2 Å². The first kappa shape index (κ1) is 12.3. The molecule has 0 saturated carbocycles. The Bertz CT molecular complexity index is 534. The van der Waals surface area contributed by atoms with Crippen LogP contribution in [0.4, 0.5) is 5.82 Å². The van der Waals surface area contributed by atoms with Crippen LogP contribution >= 0.6 is 27.7 Å². The first-order valence-corrected chi connectivity index (χ1v) is 6.40. The number of halogens is 1. The van der Waals surface area contributed by atoms with Crippen LogP contribution in [0.5, 0.6) is 0 Å². The number of nitrogen functional groups attached to an aromatic ring is 1. The Morgan fingerprint density at radius 1 is 1.29 bits per heavy atom. The molecule has 0 aliphatic rings. The van der Waals surface area contributed by atoms with E-state index >= 15 is 0 Å². The second kappa shape index (κ2) is 5.44. The molecule has 0 bridgehead atoms. The Kier molecular flexibility index (Phi) is 3.93. The number of aromatic nitrogens is 3. The molecule has 2 rings (SSSR count). The summed E-state index contributed by atoms with van der Waals surface area (Å²) in [6.07, 6.45) is 3.22. The minimum Gasteiger partial charge on any atom is -0.308 e. The lowest BCUT2D eigenvalue weighted by atomic mass is 10.3. The standard InChI is InChI=1S/C10H10BrN5S/c1-6-8(16-12)14-5-15-9(6)17-10-7(11)3-2-4-13-10/h2-5H,12H2,1H3,(H,14,15,16). The molecule has 2 heterocycles. The van der Waals surface area contributed by atoms with Crippen LogP contribution < -0.4 is 11.3 Å². The summed E-state index contributed by atoms with van der Waals surface area (Å²) >= 11 is 4.91. The van der Waals surface area contributed by atoms with E-state index in [0.29, 0.717) is 5.82 Å². The smallest absolute Gasteiger partial charge is 0.147 e. The van der Waals surface area contributed by atoms with Gasteiger partial charge in [-0.15, -0.1) is 0 Å². The van der Waals surface area contributed by atoms with Crippen molar-refractivity contribution in [1.82, 2.24) is 15.0 Å². The molecule has 0 saturated heterocycles. The highest BCUT2D eigenvalue weighted by Gasteiger charge is 2.10. The lowest BCUT2D eigenvalue weighted by Crippen LogP contribution is -2.10. The van der Waals surface area contributed by atoms with E-state index in [-0.39, 0.29) is 0 Å². The zero-order valence-corrected chi connectivity index (χ0v) is 11.4. The summed E-state index contributed by atoms with van der Waals surface area (Å²) in [6.45, 7) is 1.91. The third kappa shape index (κ3) is 2.74. The number of pyridine rings is 1. The molecular formula is C10H10BrN5S. The molecule has 0 spiro atoms. The van der Waals surface area contributed by atoms with Crippen molar-refractivity contribution in [1.29, 1.82) is 0 Å². The monoisotopic (exact) mass is 311 g/mol. The molecule has 7 heteroatoms. The highest BCUT2D eigenvalue weighted by atomic mass is 79.9. The molecule has 0 atom stereocenters. The fourth-order valence-electron chi connectivity index (χ4n) is 1.22. The van der Waals surface area contributed by atoms with Gasteiger partial charge in [-0.05, 0) is 46.7 Å². The zero-order chi connectivity index (χ0) is 12.3. The molecule has 88 valence electrons. The average Bonchev–Trinajstić information content (AvgIpc) is 2.34. The maximum Gasteiger partial charge on any atom is 0.147 e. The van der Waals surface area contributed by atoms with Crippen molar-refractivity contribution in [2.75, 3.05) is 5.43 Å². The number of hydrazine groups is 1. The molecule has 2 aromatic heterocycles. The predicted molar refractivity (Wildman–Crippen MR) is 70.6 cm³/mol. The van der Waals surface area contributed by atoms with Crippen LogP contribution in [0.15, 0.2) is 39.2 Å². The lowest BCUT2D eigenvalue weighted by molar-refractivity contribution is 0.988. The Balaban J connectivity index is 2.34. The second-order valence-electron chi connectivity index (χ2n) is 3.19. The molecule has 2 aromatic rings. The van der Waals surface area contributed by atoms with Crippen molar-refractivity contribution in [2.45, 2.75) is 17.0 Å². The fraction of sp³-hybridized carbons (Fsp3) is 0.100. The minimum atomic E-state index is 0.620. The van der Waals surface area contributed by atoms with E-state index < -0.39 is 0 Å². The van der Waals surface area contributed by atoms with E-state index in [4.69, 9.17) is 5.84 Å². The van der Waals surface area contributed by atoms with Gasteiger partial charge in [0, 0.05) is 11.8 Å². The van der Waals surface area contributed by atoms with Crippen molar-refractivity contribution in [3.8, 4) is 0 Å². The van der Waals surface area contributed by atoms with Crippen LogP contribution in [0.1, 0.15) is 5.56 Å². The molecule has 5 nitrogen and oxygen atoms in total. The normalized spacial score (nSPS) is 10.3. The lowest BCUT2D eigenvalue weighted by Gasteiger charge is -2.08. The number of hydrogen-bond donors (Lipinski definition) is 2.